The van der Waals surface area contributed by atoms with Crippen LogP contribution in [-0.2, 0) is 14.9 Å². The fourth-order valence-electron chi connectivity index (χ4n) is 3.49. The Labute approximate surface area is 187 Å². The Balaban J connectivity index is 1.69. The highest BCUT2D eigenvalue weighted by Gasteiger charge is 2.32. The van der Waals surface area contributed by atoms with Crippen molar-refractivity contribution in [2.45, 2.75) is 19.3 Å². The van der Waals surface area contributed by atoms with Gasteiger partial charge in [0.15, 0.2) is 0 Å². The number of esters is 1. The van der Waals surface area contributed by atoms with Gasteiger partial charge < -0.3 is 20.7 Å². The molecular formula is C23H19F3N4O3. The van der Waals surface area contributed by atoms with E-state index in [1.165, 1.54) is 25.3 Å². The molecule has 7 nitrogen and oxygen atoms in total. The van der Waals surface area contributed by atoms with Crippen LogP contribution in [0.2, 0.25) is 0 Å². The van der Waals surface area contributed by atoms with Crippen LogP contribution in [0.3, 0.4) is 0 Å². The number of carbonyl (C=O) groups excluding carboxylic acids is 2. The number of carbonyl (C=O) groups is 2. The van der Waals surface area contributed by atoms with Gasteiger partial charge in [0, 0.05) is 11.8 Å². The molecule has 0 saturated heterocycles. The van der Waals surface area contributed by atoms with Crippen LogP contribution in [0, 0.1) is 17.7 Å². The van der Waals surface area contributed by atoms with Gasteiger partial charge in [0.1, 0.15) is 0 Å². The number of pyridine rings is 1. The summed E-state index contributed by atoms with van der Waals surface area (Å²) in [7, 11) is 1.31. The number of nitrogens with zero attached hydrogens (tertiary/aromatic N) is 1. The summed E-state index contributed by atoms with van der Waals surface area (Å²) < 4.78 is 45.6. The molecule has 0 fully saturated rings. The van der Waals surface area contributed by atoms with Crippen molar-refractivity contribution < 1.29 is 27.5 Å². The molecule has 1 aromatic heterocycles. The largest absolute Gasteiger partial charge is 0.468 e. The first kappa shape index (κ1) is 22.1. The lowest BCUT2D eigenvalue weighted by molar-refractivity contribution is -0.146. The van der Waals surface area contributed by atoms with Gasteiger partial charge in [-0.2, -0.15) is 18.2 Å². The van der Waals surface area contributed by atoms with Gasteiger partial charge in [-0.05, 0) is 49.7 Å². The minimum absolute atomic E-state index is 0.282. The molecule has 1 amide bonds. The summed E-state index contributed by atoms with van der Waals surface area (Å²) >= 11 is 0. The molecule has 0 spiro atoms. The van der Waals surface area contributed by atoms with Crippen molar-refractivity contribution in [1.82, 2.24) is 4.98 Å². The molecule has 33 heavy (non-hydrogen) atoms. The average molecular weight is 456 g/mol. The van der Waals surface area contributed by atoms with E-state index < -0.39 is 40.7 Å². The molecule has 1 aliphatic rings. The number of ether oxygens (including phenoxy) is 1. The average Bonchev–Trinajstić information content (AvgIpc) is 2.91. The second-order valence-electron chi connectivity index (χ2n) is 7.94. The Kier molecular flexibility index (Phi) is 5.44. The predicted molar refractivity (Wildman–Crippen MR) is 117 cm³/mol. The first-order valence-electron chi connectivity index (χ1n) is 9.84. The van der Waals surface area contributed by atoms with Crippen LogP contribution in [0.1, 0.15) is 29.8 Å². The fraction of sp³-hybridized carbons (Fsp3) is 0.174. The lowest BCUT2D eigenvalue weighted by Crippen LogP contribution is -2.30. The van der Waals surface area contributed by atoms with E-state index in [1.807, 2.05) is 0 Å². The van der Waals surface area contributed by atoms with E-state index in [2.05, 4.69) is 20.9 Å². The fourth-order valence-corrected chi connectivity index (χ4v) is 3.49. The minimum atomic E-state index is -1.57. The number of nitrogens with one attached hydrogen (secondary N) is 3. The maximum Gasteiger partial charge on any atom is 0.315 e. The third-order valence-electron chi connectivity index (χ3n) is 5.38. The van der Waals surface area contributed by atoms with Crippen LogP contribution in [0.25, 0.3) is 0 Å². The van der Waals surface area contributed by atoms with Crippen LogP contribution >= 0.6 is 0 Å². The standard InChI is InChI=1S/C23H19F3N4O3/c1-23(2,22(32)33-3)11-4-7-14-16(8-11)29-21(31)13-6-5-12(9-15(13)28-14)27-17-10-18(24)30-20(26)19(17)25/h4-10,28H,1-3H3,(H,27,30)(H,29,31). The van der Waals surface area contributed by atoms with Gasteiger partial charge in [-0.25, -0.2) is 0 Å². The van der Waals surface area contributed by atoms with Crippen molar-refractivity contribution in [3.8, 4) is 0 Å². The van der Waals surface area contributed by atoms with Gasteiger partial charge in [-0.1, -0.05) is 6.07 Å². The Morgan fingerprint density at radius 1 is 1.00 bits per heavy atom. The summed E-state index contributed by atoms with van der Waals surface area (Å²) in [6.07, 6.45) is 0. The second kappa shape index (κ2) is 8.12. The number of halogens is 3. The highest BCUT2D eigenvalue weighted by Crippen LogP contribution is 2.37. The first-order chi connectivity index (χ1) is 15.6. The maximum atomic E-state index is 14.0. The molecule has 4 rings (SSSR count). The zero-order valence-electron chi connectivity index (χ0n) is 17.8. The summed E-state index contributed by atoms with van der Waals surface area (Å²) in [4.78, 5) is 27.7. The third-order valence-corrected chi connectivity index (χ3v) is 5.38. The molecule has 170 valence electrons. The van der Waals surface area contributed by atoms with Crippen LogP contribution in [0.5, 0.6) is 0 Å². The third kappa shape index (κ3) is 4.07. The van der Waals surface area contributed by atoms with Crippen molar-refractivity contribution in [2.75, 3.05) is 23.1 Å². The van der Waals surface area contributed by atoms with Gasteiger partial charge >= 0.3 is 5.97 Å². The summed E-state index contributed by atoms with van der Waals surface area (Å²) in [6.45, 7) is 3.42. The molecule has 2 heterocycles. The van der Waals surface area contributed by atoms with Crippen molar-refractivity contribution >= 4 is 40.3 Å². The summed E-state index contributed by atoms with van der Waals surface area (Å²) in [5, 5.41) is 8.52. The molecule has 1 aliphatic heterocycles. The van der Waals surface area contributed by atoms with Crippen molar-refractivity contribution in [1.29, 1.82) is 0 Å². The zero-order chi connectivity index (χ0) is 23.9. The number of fused-ring (bicyclic) bond motifs is 2. The molecule has 2 aromatic carbocycles. The zero-order valence-corrected chi connectivity index (χ0v) is 17.8. The Bertz CT molecular complexity index is 1290. The molecule has 0 radical (unpaired) electrons. The lowest BCUT2D eigenvalue weighted by atomic mass is 9.84. The summed E-state index contributed by atoms with van der Waals surface area (Å²) in [5.74, 6) is -4.91. The van der Waals surface area contributed by atoms with E-state index >= 15 is 0 Å². The van der Waals surface area contributed by atoms with Crippen molar-refractivity contribution in [2.24, 2.45) is 0 Å². The number of amides is 1. The predicted octanol–water partition coefficient (Wildman–Crippen LogP) is 5.00. The summed E-state index contributed by atoms with van der Waals surface area (Å²) in [6, 6.07) is 10.3. The van der Waals surface area contributed by atoms with E-state index in [-0.39, 0.29) is 11.3 Å². The molecule has 0 atom stereocenters. The smallest absolute Gasteiger partial charge is 0.315 e. The molecule has 10 heteroatoms. The number of rotatable bonds is 4. The normalized spacial score (nSPS) is 12.6. The van der Waals surface area contributed by atoms with Crippen LogP contribution < -0.4 is 16.0 Å². The number of benzene rings is 2. The quantitative estimate of drug-likeness (QED) is 0.378. The van der Waals surface area contributed by atoms with E-state index in [0.29, 0.717) is 22.6 Å². The van der Waals surface area contributed by atoms with Crippen molar-refractivity contribution in [3.05, 3.63) is 71.3 Å². The number of hydrogen-bond donors (Lipinski definition) is 3. The topological polar surface area (TPSA) is 92.3 Å². The first-order valence-corrected chi connectivity index (χ1v) is 9.84. The molecule has 0 bridgehead atoms. The molecule has 0 saturated carbocycles. The summed E-state index contributed by atoms with van der Waals surface area (Å²) in [5.41, 5.74) is 1.22. The van der Waals surface area contributed by atoms with Crippen LogP contribution in [0.4, 0.5) is 41.6 Å². The van der Waals surface area contributed by atoms with Crippen LogP contribution in [-0.4, -0.2) is 24.0 Å². The number of methoxy groups -OCH3 is 1. The Morgan fingerprint density at radius 3 is 2.48 bits per heavy atom. The van der Waals surface area contributed by atoms with E-state index in [9.17, 15) is 22.8 Å². The van der Waals surface area contributed by atoms with Crippen LogP contribution in [0.15, 0.2) is 42.5 Å². The molecule has 3 N–H and O–H groups in total. The minimum Gasteiger partial charge on any atom is -0.468 e. The maximum absolute atomic E-state index is 14.0. The Morgan fingerprint density at radius 2 is 1.76 bits per heavy atom. The molecule has 0 aliphatic carbocycles. The lowest BCUT2D eigenvalue weighted by Gasteiger charge is -2.23. The van der Waals surface area contributed by atoms with E-state index in [0.717, 1.165) is 6.07 Å². The van der Waals surface area contributed by atoms with Gasteiger partial charge in [-0.3, -0.25) is 9.59 Å². The molecule has 0 unspecified atom stereocenters. The van der Waals surface area contributed by atoms with Gasteiger partial charge in [0.2, 0.25) is 11.8 Å². The number of hydrogen-bond acceptors (Lipinski definition) is 6. The highest BCUT2D eigenvalue weighted by atomic mass is 19.2. The van der Waals surface area contributed by atoms with Gasteiger partial charge in [-0.15, -0.1) is 0 Å². The molecule has 3 aromatic rings. The van der Waals surface area contributed by atoms with Crippen molar-refractivity contribution in [3.63, 3.8) is 0 Å². The molecular weight excluding hydrogens is 437 g/mol. The SMILES string of the molecule is COC(=O)C(C)(C)c1ccc2c(c1)NC(=O)c1ccc(Nc3cc(F)nc(F)c3F)cc1N2. The van der Waals surface area contributed by atoms with Gasteiger partial charge in [0.25, 0.3) is 11.9 Å². The number of anilines is 5. The van der Waals surface area contributed by atoms with E-state index in [4.69, 9.17) is 4.74 Å². The van der Waals surface area contributed by atoms with Gasteiger partial charge in [0.05, 0.1) is 40.8 Å². The highest BCUT2D eigenvalue weighted by molar-refractivity contribution is 6.12. The Hall–Kier alpha value is -4.08. The second-order valence-corrected chi connectivity index (χ2v) is 7.94. The number of aromatic nitrogens is 1. The van der Waals surface area contributed by atoms with E-state index in [1.54, 1.807) is 32.0 Å². The monoisotopic (exact) mass is 456 g/mol.